The Morgan fingerprint density at radius 2 is 1.38 bits per heavy atom. The third-order valence-electron chi connectivity index (χ3n) is 4.25. The first-order valence-corrected chi connectivity index (χ1v) is 9.80. The minimum absolute atomic E-state index is 0.0257. The second kappa shape index (κ2) is 11.1. The second-order valence-electron chi connectivity index (χ2n) is 7.43. The fourth-order valence-electron chi connectivity index (χ4n) is 2.55. The van der Waals surface area contributed by atoms with Gasteiger partial charge in [0, 0.05) is 5.56 Å². The standard InChI is InChI=1S/C26H30O3/c1-19(2)14-16-28-23-9-6-22(7-10-23)8-13-26(27)25-12-11-24(18-21(25)5)29-17-15-20(3)4/h6-15,18H,16-17H2,1-5H3/b13-8+. The first kappa shape index (κ1) is 22.2. The van der Waals surface area contributed by atoms with E-state index < -0.39 is 0 Å². The van der Waals surface area contributed by atoms with Gasteiger partial charge in [-0.3, -0.25) is 4.79 Å². The van der Waals surface area contributed by atoms with Gasteiger partial charge in [-0.15, -0.1) is 0 Å². The predicted octanol–water partition coefficient (Wildman–Crippen LogP) is 6.58. The van der Waals surface area contributed by atoms with Gasteiger partial charge >= 0.3 is 0 Å². The Hall–Kier alpha value is -3.07. The summed E-state index contributed by atoms with van der Waals surface area (Å²) in [6.45, 7) is 11.2. The summed E-state index contributed by atoms with van der Waals surface area (Å²) in [5.41, 5.74) is 4.97. The van der Waals surface area contributed by atoms with Crippen LogP contribution < -0.4 is 9.47 Å². The molecule has 152 valence electrons. The van der Waals surface area contributed by atoms with E-state index in [0.29, 0.717) is 18.8 Å². The van der Waals surface area contributed by atoms with Crippen LogP contribution in [0.15, 0.2) is 71.8 Å². The van der Waals surface area contributed by atoms with E-state index in [9.17, 15) is 4.79 Å². The van der Waals surface area contributed by atoms with Crippen LogP contribution in [0, 0.1) is 6.92 Å². The topological polar surface area (TPSA) is 35.5 Å². The number of hydrogen-bond acceptors (Lipinski definition) is 3. The number of aryl methyl sites for hydroxylation is 1. The number of carbonyl (C=O) groups is 1. The minimum Gasteiger partial charge on any atom is -0.490 e. The molecule has 0 heterocycles. The summed E-state index contributed by atoms with van der Waals surface area (Å²) in [7, 11) is 0. The van der Waals surface area contributed by atoms with Gasteiger partial charge in [0.05, 0.1) is 0 Å². The molecule has 0 N–H and O–H groups in total. The molecule has 0 spiro atoms. The third-order valence-corrected chi connectivity index (χ3v) is 4.25. The van der Waals surface area contributed by atoms with E-state index in [1.807, 2.05) is 95.3 Å². The van der Waals surface area contributed by atoms with Gasteiger partial charge in [0.2, 0.25) is 0 Å². The van der Waals surface area contributed by atoms with Crippen LogP contribution >= 0.6 is 0 Å². The van der Waals surface area contributed by atoms with E-state index in [1.54, 1.807) is 6.08 Å². The van der Waals surface area contributed by atoms with Gasteiger partial charge < -0.3 is 9.47 Å². The lowest BCUT2D eigenvalue weighted by Crippen LogP contribution is -2.00. The zero-order valence-corrected chi connectivity index (χ0v) is 18.0. The van der Waals surface area contributed by atoms with Crippen molar-refractivity contribution in [2.24, 2.45) is 0 Å². The molecule has 0 fully saturated rings. The van der Waals surface area contributed by atoms with Crippen molar-refractivity contribution in [3.63, 3.8) is 0 Å². The van der Waals surface area contributed by atoms with Crippen molar-refractivity contribution in [1.82, 2.24) is 0 Å². The maximum Gasteiger partial charge on any atom is 0.186 e. The lowest BCUT2D eigenvalue weighted by atomic mass is 10.0. The molecule has 0 saturated carbocycles. The van der Waals surface area contributed by atoms with Crippen LogP contribution in [0.2, 0.25) is 0 Å². The quantitative estimate of drug-likeness (QED) is 0.275. The highest BCUT2D eigenvalue weighted by Crippen LogP contribution is 2.19. The summed E-state index contributed by atoms with van der Waals surface area (Å²) in [4.78, 5) is 12.6. The zero-order valence-electron chi connectivity index (χ0n) is 18.0. The average molecular weight is 391 g/mol. The Balaban J connectivity index is 1.97. The Morgan fingerprint density at radius 1 is 0.828 bits per heavy atom. The fraction of sp³-hybridized carbons (Fsp3) is 0.269. The number of ether oxygens (including phenoxy) is 2. The number of carbonyl (C=O) groups excluding carboxylic acids is 1. The van der Waals surface area contributed by atoms with Crippen molar-refractivity contribution >= 4 is 11.9 Å². The summed E-state index contributed by atoms with van der Waals surface area (Å²) >= 11 is 0. The summed E-state index contributed by atoms with van der Waals surface area (Å²) in [5, 5.41) is 0. The molecule has 0 aliphatic carbocycles. The third kappa shape index (κ3) is 7.82. The summed E-state index contributed by atoms with van der Waals surface area (Å²) in [6, 6.07) is 13.3. The number of allylic oxidation sites excluding steroid dienone is 3. The number of ketones is 1. The highest BCUT2D eigenvalue weighted by Gasteiger charge is 2.07. The molecule has 0 saturated heterocycles. The van der Waals surface area contributed by atoms with Gasteiger partial charge in [0.1, 0.15) is 24.7 Å². The smallest absolute Gasteiger partial charge is 0.186 e. The van der Waals surface area contributed by atoms with Crippen molar-refractivity contribution in [2.45, 2.75) is 34.6 Å². The average Bonchev–Trinajstić information content (AvgIpc) is 2.66. The van der Waals surface area contributed by atoms with E-state index >= 15 is 0 Å². The molecule has 2 rings (SSSR count). The molecule has 0 aliphatic rings. The Kier molecular flexibility index (Phi) is 8.47. The monoisotopic (exact) mass is 390 g/mol. The predicted molar refractivity (Wildman–Crippen MR) is 121 cm³/mol. The molecule has 0 aromatic heterocycles. The van der Waals surface area contributed by atoms with Crippen LogP contribution in [0.25, 0.3) is 6.08 Å². The van der Waals surface area contributed by atoms with Crippen LogP contribution in [0.3, 0.4) is 0 Å². The lowest BCUT2D eigenvalue weighted by Gasteiger charge is -2.07. The van der Waals surface area contributed by atoms with E-state index in [4.69, 9.17) is 9.47 Å². The Labute approximate surface area is 174 Å². The molecule has 3 heteroatoms. The van der Waals surface area contributed by atoms with Crippen molar-refractivity contribution in [2.75, 3.05) is 13.2 Å². The highest BCUT2D eigenvalue weighted by molar-refractivity contribution is 6.07. The van der Waals surface area contributed by atoms with Crippen LogP contribution in [0.5, 0.6) is 11.5 Å². The Morgan fingerprint density at radius 3 is 1.93 bits per heavy atom. The molecule has 0 unspecified atom stereocenters. The van der Waals surface area contributed by atoms with Crippen LogP contribution in [-0.2, 0) is 0 Å². The van der Waals surface area contributed by atoms with Gasteiger partial charge in [-0.25, -0.2) is 0 Å². The van der Waals surface area contributed by atoms with E-state index in [1.165, 1.54) is 11.1 Å². The van der Waals surface area contributed by atoms with Crippen LogP contribution in [-0.4, -0.2) is 19.0 Å². The minimum atomic E-state index is -0.0257. The van der Waals surface area contributed by atoms with E-state index in [-0.39, 0.29) is 5.78 Å². The van der Waals surface area contributed by atoms with E-state index in [2.05, 4.69) is 0 Å². The largest absolute Gasteiger partial charge is 0.490 e. The van der Waals surface area contributed by atoms with E-state index in [0.717, 1.165) is 22.6 Å². The highest BCUT2D eigenvalue weighted by atomic mass is 16.5. The molecule has 0 radical (unpaired) electrons. The van der Waals surface area contributed by atoms with Gasteiger partial charge in [-0.1, -0.05) is 29.4 Å². The zero-order chi connectivity index (χ0) is 21.2. The normalized spacial score (nSPS) is 10.5. The number of hydrogen-bond donors (Lipinski definition) is 0. The first-order valence-electron chi connectivity index (χ1n) is 9.80. The molecule has 0 atom stereocenters. The van der Waals surface area contributed by atoms with Crippen LogP contribution in [0.1, 0.15) is 49.2 Å². The summed E-state index contributed by atoms with van der Waals surface area (Å²) in [6.07, 6.45) is 7.48. The number of rotatable bonds is 9. The van der Waals surface area contributed by atoms with Crippen molar-refractivity contribution < 1.29 is 14.3 Å². The molecule has 3 nitrogen and oxygen atoms in total. The molecule has 2 aromatic rings. The lowest BCUT2D eigenvalue weighted by molar-refractivity contribution is 0.104. The second-order valence-corrected chi connectivity index (χ2v) is 7.43. The molecule has 29 heavy (non-hydrogen) atoms. The SMILES string of the molecule is CC(C)=CCOc1ccc(/C=C/C(=O)c2ccc(OCC=C(C)C)cc2C)cc1. The van der Waals surface area contributed by atoms with Gasteiger partial charge in [0.25, 0.3) is 0 Å². The summed E-state index contributed by atoms with van der Waals surface area (Å²) in [5.74, 6) is 1.55. The first-order chi connectivity index (χ1) is 13.8. The van der Waals surface area contributed by atoms with Crippen LogP contribution in [0.4, 0.5) is 0 Å². The molecular formula is C26H30O3. The molecule has 2 aromatic carbocycles. The van der Waals surface area contributed by atoms with Gasteiger partial charge in [-0.05, 0) is 94.3 Å². The molecular weight excluding hydrogens is 360 g/mol. The maximum absolute atomic E-state index is 12.6. The maximum atomic E-state index is 12.6. The summed E-state index contributed by atoms with van der Waals surface area (Å²) < 4.78 is 11.3. The fourth-order valence-corrected chi connectivity index (χ4v) is 2.55. The Bertz CT molecular complexity index is 907. The van der Waals surface area contributed by atoms with Crippen molar-refractivity contribution in [3.05, 3.63) is 88.5 Å². The molecule has 0 bridgehead atoms. The van der Waals surface area contributed by atoms with Gasteiger partial charge in [-0.2, -0.15) is 0 Å². The van der Waals surface area contributed by atoms with Crippen molar-refractivity contribution in [3.8, 4) is 11.5 Å². The molecule has 0 amide bonds. The molecule has 0 aliphatic heterocycles. The number of benzene rings is 2. The van der Waals surface area contributed by atoms with Gasteiger partial charge in [0.15, 0.2) is 5.78 Å². The van der Waals surface area contributed by atoms with Crippen molar-refractivity contribution in [1.29, 1.82) is 0 Å².